The number of hydrazone groups is 1. The molecule has 1 aliphatic rings. The van der Waals surface area contributed by atoms with E-state index in [-0.39, 0.29) is 17.3 Å². The van der Waals surface area contributed by atoms with E-state index in [0.717, 1.165) is 37.1 Å². The van der Waals surface area contributed by atoms with Crippen LogP contribution in [-0.2, 0) is 6.54 Å². The number of nitrogens with one attached hydrogen (secondary N) is 2. The average molecular weight is 451 g/mol. The lowest BCUT2D eigenvalue weighted by Gasteiger charge is -2.27. The SMILES string of the molecule is CC(C=NNC(=O)c1nnn(-c2nonc2N)c1C[NH+]1CCC(C)CC1)=Cc1ccccc1. The molecule has 3 heterocycles. The number of nitrogens with two attached hydrogens (primary N) is 1. The van der Waals surface area contributed by atoms with Crippen molar-refractivity contribution in [2.24, 2.45) is 11.0 Å². The zero-order valence-electron chi connectivity index (χ0n) is 18.7. The van der Waals surface area contributed by atoms with Crippen LogP contribution in [-0.4, -0.2) is 50.5 Å². The van der Waals surface area contributed by atoms with Gasteiger partial charge in [-0.05, 0) is 47.1 Å². The quantitative estimate of drug-likeness (QED) is 0.358. The zero-order valence-corrected chi connectivity index (χ0v) is 18.7. The summed E-state index contributed by atoms with van der Waals surface area (Å²) < 4.78 is 6.14. The molecule has 0 unspecified atom stereocenters. The molecule has 0 bridgehead atoms. The highest BCUT2D eigenvalue weighted by molar-refractivity contribution is 5.94. The molecule has 172 valence electrons. The highest BCUT2D eigenvalue weighted by atomic mass is 16.6. The number of benzene rings is 1. The molecule has 1 aromatic carbocycles. The summed E-state index contributed by atoms with van der Waals surface area (Å²) in [5.74, 6) is 0.540. The number of rotatable bonds is 7. The number of quaternary nitrogens is 1. The van der Waals surface area contributed by atoms with Crippen LogP contribution in [0.1, 0.15) is 48.4 Å². The molecule has 0 saturated carbocycles. The number of amides is 1. The predicted molar refractivity (Wildman–Crippen MR) is 122 cm³/mol. The third-order valence-corrected chi connectivity index (χ3v) is 5.70. The van der Waals surface area contributed by atoms with Gasteiger partial charge in [-0.25, -0.2) is 10.1 Å². The van der Waals surface area contributed by atoms with Crippen molar-refractivity contribution < 1.29 is 14.3 Å². The molecule has 0 radical (unpaired) electrons. The molecule has 0 atom stereocenters. The van der Waals surface area contributed by atoms with Crippen LogP contribution >= 0.6 is 0 Å². The number of carbonyl (C=O) groups excluding carboxylic acids is 1. The van der Waals surface area contributed by atoms with E-state index in [0.29, 0.717) is 18.2 Å². The van der Waals surface area contributed by atoms with Gasteiger partial charge in [-0.15, -0.1) is 5.10 Å². The van der Waals surface area contributed by atoms with Crippen molar-refractivity contribution in [1.29, 1.82) is 0 Å². The first-order valence-electron chi connectivity index (χ1n) is 10.9. The van der Waals surface area contributed by atoms with Gasteiger partial charge in [-0.1, -0.05) is 48.5 Å². The fourth-order valence-electron chi connectivity index (χ4n) is 3.82. The van der Waals surface area contributed by atoms with Gasteiger partial charge in [0, 0.05) is 0 Å². The van der Waals surface area contributed by atoms with Gasteiger partial charge in [0.05, 0.1) is 19.3 Å². The monoisotopic (exact) mass is 450 g/mol. The van der Waals surface area contributed by atoms with E-state index in [1.54, 1.807) is 6.21 Å². The molecule has 4 N–H and O–H groups in total. The summed E-state index contributed by atoms with van der Waals surface area (Å²) in [5, 5.41) is 19.7. The van der Waals surface area contributed by atoms with Gasteiger partial charge < -0.3 is 10.6 Å². The van der Waals surface area contributed by atoms with Crippen LogP contribution in [0.25, 0.3) is 11.9 Å². The van der Waals surface area contributed by atoms with Crippen molar-refractivity contribution in [3.8, 4) is 5.82 Å². The molecule has 0 spiro atoms. The van der Waals surface area contributed by atoms with Crippen molar-refractivity contribution in [3.05, 3.63) is 52.9 Å². The van der Waals surface area contributed by atoms with Crippen LogP contribution < -0.4 is 16.1 Å². The Morgan fingerprint density at radius 3 is 2.76 bits per heavy atom. The van der Waals surface area contributed by atoms with Crippen molar-refractivity contribution in [1.82, 2.24) is 30.7 Å². The highest BCUT2D eigenvalue weighted by Gasteiger charge is 2.28. The van der Waals surface area contributed by atoms with Crippen LogP contribution in [0.2, 0.25) is 0 Å². The Balaban J connectivity index is 1.52. The molecule has 0 aliphatic carbocycles. The van der Waals surface area contributed by atoms with Gasteiger partial charge in [0.2, 0.25) is 11.6 Å². The van der Waals surface area contributed by atoms with Gasteiger partial charge in [-0.3, -0.25) is 4.79 Å². The molecule has 1 saturated heterocycles. The van der Waals surface area contributed by atoms with E-state index in [9.17, 15) is 4.79 Å². The van der Waals surface area contributed by atoms with E-state index < -0.39 is 5.91 Å². The van der Waals surface area contributed by atoms with Crippen molar-refractivity contribution >= 4 is 24.0 Å². The van der Waals surface area contributed by atoms with Crippen molar-refractivity contribution in [2.45, 2.75) is 33.2 Å². The summed E-state index contributed by atoms with van der Waals surface area (Å²) in [5.41, 5.74) is 11.1. The molecule has 11 nitrogen and oxygen atoms in total. The second kappa shape index (κ2) is 10.2. The second-order valence-electron chi connectivity index (χ2n) is 8.38. The lowest BCUT2D eigenvalue weighted by molar-refractivity contribution is -0.920. The molecule has 3 aromatic rings. The number of nitrogen functional groups attached to an aromatic ring is 1. The first-order valence-corrected chi connectivity index (χ1v) is 10.9. The van der Waals surface area contributed by atoms with Gasteiger partial charge >= 0.3 is 0 Å². The number of piperidine rings is 1. The smallest absolute Gasteiger partial charge is 0.294 e. The van der Waals surface area contributed by atoms with E-state index in [1.165, 1.54) is 9.58 Å². The number of aromatic nitrogens is 5. The van der Waals surface area contributed by atoms with Gasteiger partial charge in [-0.2, -0.15) is 9.78 Å². The highest BCUT2D eigenvalue weighted by Crippen LogP contribution is 2.16. The summed E-state index contributed by atoms with van der Waals surface area (Å²) in [6, 6.07) is 9.87. The Morgan fingerprint density at radius 1 is 1.30 bits per heavy atom. The van der Waals surface area contributed by atoms with Gasteiger partial charge in [0.1, 0.15) is 12.2 Å². The number of hydrogen-bond donors (Lipinski definition) is 3. The largest absolute Gasteiger partial charge is 0.378 e. The lowest BCUT2D eigenvalue weighted by atomic mass is 9.99. The first kappa shape index (κ1) is 22.3. The lowest BCUT2D eigenvalue weighted by Crippen LogP contribution is -3.11. The molecular formula is C22H28N9O2+. The number of likely N-dealkylation sites (tertiary alicyclic amines) is 1. The molecule has 4 rings (SSSR count). The fraction of sp³-hybridized carbons (Fsp3) is 0.364. The molecule has 1 fully saturated rings. The molecule has 1 amide bonds. The minimum Gasteiger partial charge on any atom is -0.378 e. The van der Waals surface area contributed by atoms with Crippen LogP contribution in [0.5, 0.6) is 0 Å². The van der Waals surface area contributed by atoms with E-state index in [2.05, 4.69) is 38.1 Å². The summed E-state index contributed by atoms with van der Waals surface area (Å²) in [7, 11) is 0. The standard InChI is InChI=1S/C22H27N9O2/c1-15-8-10-30(11-9-15)14-18-19(25-29-31(18)21-20(23)27-33-28-21)22(32)26-24-13-16(2)12-17-6-4-3-5-7-17/h3-7,12-13,15H,8-11,14H2,1-2H3,(H2,23,27)(H,26,32)/p+1. The number of hydrogen-bond acceptors (Lipinski definition) is 8. The maximum atomic E-state index is 12.9. The summed E-state index contributed by atoms with van der Waals surface area (Å²) in [6.45, 7) is 6.72. The van der Waals surface area contributed by atoms with Gasteiger partial charge in [0.25, 0.3) is 5.91 Å². The molecule has 11 heteroatoms. The zero-order chi connectivity index (χ0) is 23.2. The first-order chi connectivity index (χ1) is 16.0. The third-order valence-electron chi connectivity index (χ3n) is 5.70. The van der Waals surface area contributed by atoms with Crippen molar-refractivity contribution in [3.63, 3.8) is 0 Å². The predicted octanol–water partition coefficient (Wildman–Crippen LogP) is 0.866. The number of allylic oxidation sites excluding steroid dienone is 1. The summed E-state index contributed by atoms with van der Waals surface area (Å²) in [4.78, 5) is 14.2. The van der Waals surface area contributed by atoms with Crippen molar-refractivity contribution in [2.75, 3.05) is 18.8 Å². The Hall–Kier alpha value is -3.86. The van der Waals surface area contributed by atoms with Crippen LogP contribution in [0.4, 0.5) is 5.82 Å². The van der Waals surface area contributed by atoms with Crippen LogP contribution in [0.3, 0.4) is 0 Å². The Morgan fingerprint density at radius 2 is 2.06 bits per heavy atom. The Kier molecular flexibility index (Phi) is 6.89. The molecule has 1 aliphatic heterocycles. The Bertz CT molecular complexity index is 1140. The number of anilines is 1. The topological polar surface area (TPSA) is 142 Å². The normalized spacial score (nSPS) is 19.2. The summed E-state index contributed by atoms with van der Waals surface area (Å²) in [6.07, 6.45) is 5.82. The van der Waals surface area contributed by atoms with E-state index >= 15 is 0 Å². The summed E-state index contributed by atoms with van der Waals surface area (Å²) >= 11 is 0. The maximum absolute atomic E-state index is 12.9. The number of carbonyl (C=O) groups is 1. The number of nitrogens with zero attached hydrogens (tertiary/aromatic N) is 6. The Labute approximate surface area is 191 Å². The van der Waals surface area contributed by atoms with E-state index in [4.69, 9.17) is 10.4 Å². The molecular weight excluding hydrogens is 422 g/mol. The second-order valence-corrected chi connectivity index (χ2v) is 8.38. The third kappa shape index (κ3) is 5.50. The van der Waals surface area contributed by atoms with Crippen LogP contribution in [0.15, 0.2) is 45.6 Å². The van der Waals surface area contributed by atoms with Crippen LogP contribution in [0, 0.1) is 5.92 Å². The maximum Gasteiger partial charge on any atom is 0.294 e. The van der Waals surface area contributed by atoms with E-state index in [1.807, 2.05) is 43.3 Å². The van der Waals surface area contributed by atoms with Gasteiger partial charge in [0.15, 0.2) is 5.69 Å². The fourth-order valence-corrected chi connectivity index (χ4v) is 3.82. The molecule has 33 heavy (non-hydrogen) atoms. The average Bonchev–Trinajstić information content (AvgIpc) is 3.41. The minimum absolute atomic E-state index is 0.0788. The minimum atomic E-state index is -0.459. The molecule has 2 aromatic heterocycles.